The molecule has 0 saturated carbocycles. The molecule has 31 heavy (non-hydrogen) atoms. The number of rotatable bonds is 10. The van der Waals surface area contributed by atoms with Gasteiger partial charge in [0.15, 0.2) is 0 Å². The van der Waals surface area contributed by atoms with Crippen molar-refractivity contribution in [3.8, 4) is 17.2 Å². The highest BCUT2D eigenvalue weighted by atomic mass is 16.5. The lowest BCUT2D eigenvalue weighted by molar-refractivity contribution is -0.132. The summed E-state index contributed by atoms with van der Waals surface area (Å²) in [5.41, 5.74) is 2.60. The van der Waals surface area contributed by atoms with E-state index < -0.39 is 0 Å². The molecule has 0 bridgehead atoms. The highest BCUT2D eigenvalue weighted by molar-refractivity contribution is 6.05. The maximum atomic E-state index is 13.0. The molecule has 8 nitrogen and oxygen atoms in total. The smallest absolute Gasteiger partial charge is 0.257 e. The average Bonchev–Trinajstić information content (AvgIpc) is 3.26. The van der Waals surface area contributed by atoms with Crippen LogP contribution in [0.2, 0.25) is 0 Å². The molecule has 1 aliphatic heterocycles. The lowest BCUT2D eigenvalue weighted by atomic mass is 9.97. The third-order valence-corrected chi connectivity index (χ3v) is 5.15. The second-order valence-electron chi connectivity index (χ2n) is 7.01. The zero-order valence-corrected chi connectivity index (χ0v) is 18.4. The maximum Gasteiger partial charge on any atom is 0.257 e. The van der Waals surface area contributed by atoms with Crippen molar-refractivity contribution in [1.82, 2.24) is 10.3 Å². The predicted molar refractivity (Wildman–Crippen MR) is 118 cm³/mol. The van der Waals surface area contributed by atoms with Gasteiger partial charge in [0, 0.05) is 31.7 Å². The van der Waals surface area contributed by atoms with Gasteiger partial charge in [0.25, 0.3) is 5.91 Å². The van der Waals surface area contributed by atoms with E-state index in [1.165, 1.54) is 0 Å². The van der Waals surface area contributed by atoms with E-state index >= 15 is 0 Å². The van der Waals surface area contributed by atoms with Crippen molar-refractivity contribution in [1.29, 1.82) is 0 Å². The Kier molecular flexibility index (Phi) is 7.86. The monoisotopic (exact) mass is 427 g/mol. The van der Waals surface area contributed by atoms with Crippen LogP contribution in [-0.2, 0) is 9.53 Å². The van der Waals surface area contributed by atoms with Gasteiger partial charge < -0.3 is 24.3 Å². The molecule has 0 aromatic heterocycles. The van der Waals surface area contributed by atoms with Crippen molar-refractivity contribution >= 4 is 11.6 Å². The molecule has 0 radical (unpaired) electrons. The van der Waals surface area contributed by atoms with Gasteiger partial charge in [-0.25, -0.2) is 5.01 Å². The minimum atomic E-state index is -0.218. The third-order valence-electron chi connectivity index (χ3n) is 5.15. The Morgan fingerprint density at radius 1 is 1.03 bits per heavy atom. The molecule has 1 amide bonds. The van der Waals surface area contributed by atoms with Gasteiger partial charge in [-0.05, 0) is 29.8 Å². The number of methoxy groups -OCH3 is 4. The third kappa shape index (κ3) is 5.34. The summed E-state index contributed by atoms with van der Waals surface area (Å²) in [5.74, 6) is 2.00. The highest BCUT2D eigenvalue weighted by Gasteiger charge is 2.33. The minimum absolute atomic E-state index is 0.112. The molecule has 1 N–H and O–H groups in total. The van der Waals surface area contributed by atoms with Crippen molar-refractivity contribution in [2.24, 2.45) is 5.10 Å². The fourth-order valence-electron chi connectivity index (χ4n) is 3.48. The maximum absolute atomic E-state index is 13.0. The van der Waals surface area contributed by atoms with Crippen molar-refractivity contribution in [3.63, 3.8) is 0 Å². The molecule has 1 atom stereocenters. The summed E-state index contributed by atoms with van der Waals surface area (Å²) in [6.07, 6.45) is 0.568. The van der Waals surface area contributed by atoms with Gasteiger partial charge in [0.05, 0.1) is 46.2 Å². The second kappa shape index (κ2) is 10.8. The topological polar surface area (TPSA) is 81.6 Å². The van der Waals surface area contributed by atoms with Crippen molar-refractivity contribution in [2.45, 2.75) is 12.5 Å². The number of hydrazone groups is 1. The Balaban J connectivity index is 1.89. The molecule has 1 aliphatic rings. The summed E-state index contributed by atoms with van der Waals surface area (Å²) < 4.78 is 21.1. The standard InChI is InChI=1S/C23H29N3O5/c1-28-12-11-24-15-23(27)26-21(16-5-7-17(29-2)8-6-16)14-20(25-26)19-10-9-18(30-3)13-22(19)31-4/h5-10,13,21,24H,11-12,14-15H2,1-4H3. The lowest BCUT2D eigenvalue weighted by Crippen LogP contribution is -2.36. The molecule has 2 aromatic rings. The van der Waals surface area contributed by atoms with E-state index in [4.69, 9.17) is 24.0 Å². The first-order valence-electron chi connectivity index (χ1n) is 10.1. The number of amides is 1. The number of carbonyl (C=O) groups excluding carboxylic acids is 1. The normalized spacial score (nSPS) is 15.5. The molecule has 0 saturated heterocycles. The van der Waals surface area contributed by atoms with Crippen LogP contribution in [0.4, 0.5) is 0 Å². The fourth-order valence-corrected chi connectivity index (χ4v) is 3.48. The Labute approximate surface area is 182 Å². The highest BCUT2D eigenvalue weighted by Crippen LogP contribution is 2.36. The van der Waals surface area contributed by atoms with Crippen LogP contribution in [-0.4, -0.2) is 64.8 Å². The van der Waals surface area contributed by atoms with E-state index in [1.807, 2.05) is 42.5 Å². The first-order valence-corrected chi connectivity index (χ1v) is 10.1. The molecular formula is C23H29N3O5. The molecular weight excluding hydrogens is 398 g/mol. The van der Waals surface area contributed by atoms with Gasteiger partial charge in [0.2, 0.25) is 0 Å². The molecule has 166 valence electrons. The van der Waals surface area contributed by atoms with E-state index in [1.54, 1.807) is 33.4 Å². The van der Waals surface area contributed by atoms with Crippen LogP contribution >= 0.6 is 0 Å². The Hall–Kier alpha value is -3.10. The molecule has 0 spiro atoms. The van der Waals surface area contributed by atoms with E-state index in [-0.39, 0.29) is 18.5 Å². The van der Waals surface area contributed by atoms with Crippen LogP contribution in [0.25, 0.3) is 0 Å². The number of ether oxygens (including phenoxy) is 4. The average molecular weight is 428 g/mol. The minimum Gasteiger partial charge on any atom is -0.497 e. The summed E-state index contributed by atoms with van der Waals surface area (Å²) in [4.78, 5) is 13.0. The SMILES string of the molecule is COCCNCC(=O)N1N=C(c2ccc(OC)cc2OC)CC1c1ccc(OC)cc1. The van der Waals surface area contributed by atoms with Gasteiger partial charge >= 0.3 is 0 Å². The van der Waals surface area contributed by atoms with Crippen molar-refractivity contribution < 1.29 is 23.7 Å². The van der Waals surface area contributed by atoms with Gasteiger partial charge in [-0.15, -0.1) is 0 Å². The number of nitrogens with one attached hydrogen (secondary N) is 1. The molecule has 1 unspecified atom stereocenters. The Morgan fingerprint density at radius 3 is 2.39 bits per heavy atom. The summed E-state index contributed by atoms with van der Waals surface area (Å²) in [5, 5.41) is 9.35. The molecule has 8 heteroatoms. The lowest BCUT2D eigenvalue weighted by Gasteiger charge is -2.22. The van der Waals surface area contributed by atoms with Crippen LogP contribution in [0, 0.1) is 0 Å². The predicted octanol–water partition coefficient (Wildman–Crippen LogP) is 2.63. The van der Waals surface area contributed by atoms with Crippen molar-refractivity contribution in [3.05, 3.63) is 53.6 Å². The molecule has 2 aromatic carbocycles. The van der Waals surface area contributed by atoms with E-state index in [0.717, 1.165) is 22.6 Å². The zero-order valence-electron chi connectivity index (χ0n) is 18.4. The van der Waals surface area contributed by atoms with E-state index in [2.05, 4.69) is 5.32 Å². The second-order valence-corrected chi connectivity index (χ2v) is 7.01. The molecule has 0 fully saturated rings. The summed E-state index contributed by atoms with van der Waals surface area (Å²) in [6.45, 7) is 1.30. The summed E-state index contributed by atoms with van der Waals surface area (Å²) in [6, 6.07) is 13.1. The molecule has 3 rings (SSSR count). The quantitative estimate of drug-likeness (QED) is 0.587. The van der Waals surface area contributed by atoms with Crippen LogP contribution in [0.1, 0.15) is 23.6 Å². The van der Waals surface area contributed by atoms with Crippen LogP contribution in [0.5, 0.6) is 17.2 Å². The number of hydrogen-bond acceptors (Lipinski definition) is 7. The zero-order chi connectivity index (χ0) is 22.2. The Bertz CT molecular complexity index is 914. The first kappa shape index (κ1) is 22.6. The van der Waals surface area contributed by atoms with Gasteiger partial charge in [-0.3, -0.25) is 4.79 Å². The van der Waals surface area contributed by atoms with Gasteiger partial charge in [-0.2, -0.15) is 5.10 Å². The largest absolute Gasteiger partial charge is 0.497 e. The van der Waals surface area contributed by atoms with E-state index in [0.29, 0.717) is 31.1 Å². The number of nitrogens with zero attached hydrogens (tertiary/aromatic N) is 2. The first-order chi connectivity index (χ1) is 15.1. The van der Waals surface area contributed by atoms with Crippen LogP contribution in [0.3, 0.4) is 0 Å². The fraction of sp³-hybridized carbons (Fsp3) is 0.391. The van der Waals surface area contributed by atoms with Gasteiger partial charge in [-0.1, -0.05) is 12.1 Å². The molecule has 0 aliphatic carbocycles. The van der Waals surface area contributed by atoms with Gasteiger partial charge in [0.1, 0.15) is 17.2 Å². The van der Waals surface area contributed by atoms with Crippen molar-refractivity contribution in [2.75, 3.05) is 48.1 Å². The van der Waals surface area contributed by atoms with Crippen LogP contribution < -0.4 is 19.5 Å². The summed E-state index contributed by atoms with van der Waals surface area (Å²) in [7, 11) is 6.47. The summed E-state index contributed by atoms with van der Waals surface area (Å²) >= 11 is 0. The number of benzene rings is 2. The Morgan fingerprint density at radius 2 is 1.74 bits per heavy atom. The number of hydrogen-bond donors (Lipinski definition) is 1. The van der Waals surface area contributed by atoms with Crippen LogP contribution in [0.15, 0.2) is 47.6 Å². The van der Waals surface area contributed by atoms with E-state index in [9.17, 15) is 4.79 Å². The molecule has 1 heterocycles. The number of carbonyl (C=O) groups is 1.